The van der Waals surface area contributed by atoms with Crippen molar-refractivity contribution >= 4 is 17.8 Å². The quantitative estimate of drug-likeness (QED) is 0.461. The van der Waals surface area contributed by atoms with Gasteiger partial charge in [0.1, 0.15) is 0 Å². The second kappa shape index (κ2) is 8.47. The van der Waals surface area contributed by atoms with E-state index in [1.54, 1.807) is 18.2 Å². The van der Waals surface area contributed by atoms with Crippen LogP contribution in [0.15, 0.2) is 41.5 Å². The maximum absolute atomic E-state index is 12.2. The van der Waals surface area contributed by atoms with E-state index < -0.39 is 10.8 Å². The number of carbonyl (C=O) groups is 1. The van der Waals surface area contributed by atoms with Gasteiger partial charge in [-0.25, -0.2) is 5.43 Å². The molecule has 0 bridgehead atoms. The third-order valence-electron chi connectivity index (χ3n) is 3.45. The summed E-state index contributed by atoms with van der Waals surface area (Å²) < 4.78 is 15.2. The van der Waals surface area contributed by atoms with Crippen LogP contribution in [0.3, 0.4) is 0 Å². The van der Waals surface area contributed by atoms with E-state index in [1.165, 1.54) is 45.7 Å². The molecule has 0 heterocycles. The van der Waals surface area contributed by atoms with E-state index in [2.05, 4.69) is 10.5 Å². The molecule has 0 aliphatic heterocycles. The number of para-hydroxylation sites is 1. The third-order valence-corrected chi connectivity index (χ3v) is 3.45. The predicted molar refractivity (Wildman–Crippen MR) is 94.3 cm³/mol. The Morgan fingerprint density at radius 1 is 1.08 bits per heavy atom. The average molecular weight is 359 g/mol. The number of amides is 1. The van der Waals surface area contributed by atoms with Gasteiger partial charge < -0.3 is 14.2 Å². The van der Waals surface area contributed by atoms with Crippen molar-refractivity contribution in [2.24, 2.45) is 5.10 Å². The Morgan fingerprint density at radius 2 is 1.77 bits per heavy atom. The Labute approximate surface area is 149 Å². The van der Waals surface area contributed by atoms with Gasteiger partial charge in [-0.3, -0.25) is 14.9 Å². The smallest absolute Gasteiger partial charge is 0.319 e. The topological polar surface area (TPSA) is 112 Å². The standard InChI is InChI=1S/C17H17N3O6/c1-24-13-8-7-11(9-15(13)26-3)17(21)19-18-10-12-5-4-6-14(25-2)16(12)20(22)23/h4-10H,1-3H3,(H,19,21)/b18-10+. The summed E-state index contributed by atoms with van der Waals surface area (Å²) in [5, 5.41) is 15.0. The molecule has 0 unspecified atom stereocenters. The number of methoxy groups -OCH3 is 3. The molecular formula is C17H17N3O6. The number of benzene rings is 2. The fourth-order valence-corrected chi connectivity index (χ4v) is 2.21. The maximum atomic E-state index is 12.2. The minimum atomic E-state index is -0.573. The molecule has 9 heteroatoms. The normalized spacial score (nSPS) is 10.4. The first kappa shape index (κ1) is 18.7. The van der Waals surface area contributed by atoms with Gasteiger partial charge in [-0.15, -0.1) is 0 Å². The van der Waals surface area contributed by atoms with Crippen molar-refractivity contribution in [1.82, 2.24) is 5.43 Å². The summed E-state index contributed by atoms with van der Waals surface area (Å²) in [5.41, 5.74) is 2.56. The van der Waals surface area contributed by atoms with Crippen LogP contribution in [-0.4, -0.2) is 38.4 Å². The fraction of sp³-hybridized carbons (Fsp3) is 0.176. The molecule has 0 aliphatic rings. The zero-order valence-corrected chi connectivity index (χ0v) is 14.4. The molecule has 2 aromatic carbocycles. The molecule has 136 valence electrons. The monoisotopic (exact) mass is 359 g/mol. The molecule has 9 nitrogen and oxygen atoms in total. The Bertz CT molecular complexity index is 850. The number of ether oxygens (including phenoxy) is 3. The average Bonchev–Trinajstić information content (AvgIpc) is 2.66. The Balaban J connectivity index is 2.19. The number of nitrogens with zero attached hydrogens (tertiary/aromatic N) is 2. The molecule has 2 rings (SSSR count). The van der Waals surface area contributed by atoms with E-state index in [9.17, 15) is 14.9 Å². The molecule has 0 atom stereocenters. The molecule has 26 heavy (non-hydrogen) atoms. The first-order chi connectivity index (χ1) is 12.5. The van der Waals surface area contributed by atoms with Gasteiger partial charge in [-0.2, -0.15) is 5.10 Å². The highest BCUT2D eigenvalue weighted by Crippen LogP contribution is 2.29. The SMILES string of the molecule is COc1ccc(C(=O)N/N=C/c2cccc(OC)c2[N+](=O)[O-])cc1OC. The van der Waals surface area contributed by atoms with Gasteiger partial charge in [-0.1, -0.05) is 6.07 Å². The van der Waals surface area contributed by atoms with E-state index in [1.807, 2.05) is 0 Å². The van der Waals surface area contributed by atoms with Gasteiger partial charge in [0.2, 0.25) is 0 Å². The van der Waals surface area contributed by atoms with Crippen LogP contribution in [0.4, 0.5) is 5.69 Å². The van der Waals surface area contributed by atoms with Gasteiger partial charge in [0.25, 0.3) is 5.91 Å². The molecule has 1 N–H and O–H groups in total. The van der Waals surface area contributed by atoms with Crippen LogP contribution in [0, 0.1) is 10.1 Å². The summed E-state index contributed by atoms with van der Waals surface area (Å²) in [5.74, 6) is 0.477. The molecule has 1 amide bonds. The fourth-order valence-electron chi connectivity index (χ4n) is 2.21. The van der Waals surface area contributed by atoms with Crippen molar-refractivity contribution < 1.29 is 23.9 Å². The van der Waals surface area contributed by atoms with Gasteiger partial charge in [0, 0.05) is 5.56 Å². The molecule has 2 aromatic rings. The molecule has 0 aromatic heterocycles. The minimum Gasteiger partial charge on any atom is -0.493 e. The van der Waals surface area contributed by atoms with Crippen molar-refractivity contribution in [3.05, 3.63) is 57.6 Å². The zero-order valence-electron chi connectivity index (χ0n) is 14.4. The minimum absolute atomic E-state index is 0.102. The highest BCUT2D eigenvalue weighted by Gasteiger charge is 2.19. The number of hydrogen-bond donors (Lipinski definition) is 1. The molecule has 0 radical (unpaired) electrons. The van der Waals surface area contributed by atoms with E-state index in [0.29, 0.717) is 17.1 Å². The number of hydrazone groups is 1. The summed E-state index contributed by atoms with van der Waals surface area (Å²) in [4.78, 5) is 22.8. The van der Waals surface area contributed by atoms with Crippen molar-refractivity contribution in [2.75, 3.05) is 21.3 Å². The largest absolute Gasteiger partial charge is 0.493 e. The predicted octanol–water partition coefficient (Wildman–Crippen LogP) is 2.38. The Hall–Kier alpha value is -3.62. The first-order valence-electron chi connectivity index (χ1n) is 7.38. The van der Waals surface area contributed by atoms with Crippen molar-refractivity contribution in [1.29, 1.82) is 0 Å². The molecule has 0 spiro atoms. The third kappa shape index (κ3) is 4.07. The van der Waals surface area contributed by atoms with Crippen molar-refractivity contribution in [2.45, 2.75) is 0 Å². The van der Waals surface area contributed by atoms with E-state index in [0.717, 1.165) is 0 Å². The lowest BCUT2D eigenvalue weighted by molar-refractivity contribution is -0.385. The lowest BCUT2D eigenvalue weighted by Gasteiger charge is -2.08. The van der Waals surface area contributed by atoms with Crippen molar-refractivity contribution in [3.8, 4) is 17.2 Å². The first-order valence-corrected chi connectivity index (χ1v) is 7.38. The van der Waals surface area contributed by atoms with Crippen molar-refractivity contribution in [3.63, 3.8) is 0 Å². The zero-order chi connectivity index (χ0) is 19.1. The highest BCUT2D eigenvalue weighted by atomic mass is 16.6. The van der Waals surface area contributed by atoms with Crippen LogP contribution in [-0.2, 0) is 0 Å². The Morgan fingerprint density at radius 3 is 2.38 bits per heavy atom. The molecule has 0 saturated carbocycles. The van der Waals surface area contributed by atoms with Gasteiger partial charge in [0.05, 0.1) is 38.0 Å². The van der Waals surface area contributed by atoms with Gasteiger partial charge in [0.15, 0.2) is 17.2 Å². The van der Waals surface area contributed by atoms with Crippen LogP contribution in [0.2, 0.25) is 0 Å². The van der Waals surface area contributed by atoms with Gasteiger partial charge >= 0.3 is 5.69 Å². The van der Waals surface area contributed by atoms with Crippen LogP contribution in [0.25, 0.3) is 0 Å². The number of rotatable bonds is 7. The summed E-state index contributed by atoms with van der Waals surface area (Å²) in [7, 11) is 4.28. The molecule has 0 fully saturated rings. The maximum Gasteiger partial charge on any atom is 0.319 e. The summed E-state index contributed by atoms with van der Waals surface area (Å²) in [6.07, 6.45) is 1.18. The van der Waals surface area contributed by atoms with E-state index >= 15 is 0 Å². The van der Waals surface area contributed by atoms with Crippen LogP contribution >= 0.6 is 0 Å². The summed E-state index contributed by atoms with van der Waals surface area (Å²) in [6.45, 7) is 0. The Kier molecular flexibility index (Phi) is 6.10. The second-order valence-electron chi connectivity index (χ2n) is 4.92. The summed E-state index contributed by atoms with van der Waals surface area (Å²) in [6, 6.07) is 9.18. The van der Waals surface area contributed by atoms with Crippen LogP contribution in [0.1, 0.15) is 15.9 Å². The molecular weight excluding hydrogens is 342 g/mol. The number of nitrogens with one attached hydrogen (secondary N) is 1. The number of nitro groups is 1. The van der Waals surface area contributed by atoms with E-state index in [4.69, 9.17) is 14.2 Å². The molecule has 0 aliphatic carbocycles. The lowest BCUT2D eigenvalue weighted by Crippen LogP contribution is -2.17. The van der Waals surface area contributed by atoms with Crippen LogP contribution in [0.5, 0.6) is 17.2 Å². The number of carbonyl (C=O) groups excluding carboxylic acids is 1. The molecule has 0 saturated heterocycles. The second-order valence-corrected chi connectivity index (χ2v) is 4.92. The van der Waals surface area contributed by atoms with Crippen LogP contribution < -0.4 is 19.6 Å². The highest BCUT2D eigenvalue weighted by molar-refractivity contribution is 5.96. The lowest BCUT2D eigenvalue weighted by atomic mass is 10.2. The summed E-state index contributed by atoms with van der Waals surface area (Å²) >= 11 is 0. The van der Waals surface area contributed by atoms with E-state index in [-0.39, 0.29) is 17.0 Å². The number of nitro benzene ring substituents is 1. The number of hydrogen-bond acceptors (Lipinski definition) is 7. The van der Waals surface area contributed by atoms with Gasteiger partial charge in [-0.05, 0) is 30.3 Å².